The maximum Gasteiger partial charge on any atom is 0.0858 e. The molecular formula is C22H31N3. The predicted molar refractivity (Wildman–Crippen MR) is 109 cm³/mol. The van der Waals surface area contributed by atoms with E-state index in [4.69, 9.17) is 0 Å². The second-order valence-electron chi connectivity index (χ2n) is 6.75. The van der Waals surface area contributed by atoms with E-state index in [-0.39, 0.29) is 0 Å². The summed E-state index contributed by atoms with van der Waals surface area (Å²) in [5.74, 6) is 0.591. The maximum atomic E-state index is 4.35. The highest BCUT2D eigenvalue weighted by Crippen LogP contribution is 2.24. The van der Waals surface area contributed by atoms with Crippen molar-refractivity contribution in [3.05, 3.63) is 54.1 Å². The van der Waals surface area contributed by atoms with Gasteiger partial charge in [-0.05, 0) is 60.7 Å². The highest BCUT2D eigenvalue weighted by atomic mass is 15.1. The van der Waals surface area contributed by atoms with Crippen molar-refractivity contribution in [1.82, 2.24) is 0 Å². The predicted octanol–water partition coefficient (Wildman–Crippen LogP) is 7.24. The number of anilines is 1. The van der Waals surface area contributed by atoms with Crippen molar-refractivity contribution in [3.8, 4) is 0 Å². The number of nitrogens with zero attached hydrogens (tertiary/aromatic N) is 3. The van der Waals surface area contributed by atoms with Crippen LogP contribution in [0.5, 0.6) is 0 Å². The van der Waals surface area contributed by atoms with Crippen LogP contribution in [0.15, 0.2) is 58.8 Å². The summed E-state index contributed by atoms with van der Waals surface area (Å²) < 4.78 is 0. The Bertz CT molecular complexity index is 644. The zero-order valence-corrected chi connectivity index (χ0v) is 16.1. The normalized spacial score (nSPS) is 12.5. The Morgan fingerprint density at radius 2 is 1.40 bits per heavy atom. The van der Waals surface area contributed by atoms with Crippen molar-refractivity contribution in [2.75, 3.05) is 18.5 Å². The van der Waals surface area contributed by atoms with E-state index in [1.165, 1.54) is 30.5 Å². The maximum absolute atomic E-state index is 4.35. The van der Waals surface area contributed by atoms with Gasteiger partial charge in [0.15, 0.2) is 0 Å². The highest BCUT2D eigenvalue weighted by Gasteiger charge is 2.02. The lowest BCUT2D eigenvalue weighted by Crippen LogP contribution is -2.18. The first-order valence-corrected chi connectivity index (χ1v) is 9.47. The molecule has 0 fully saturated rings. The Balaban J connectivity index is 1.95. The molecule has 0 bridgehead atoms. The highest BCUT2D eigenvalue weighted by molar-refractivity contribution is 5.52. The van der Waals surface area contributed by atoms with Crippen LogP contribution in [-0.4, -0.2) is 13.6 Å². The Kier molecular flexibility index (Phi) is 7.65. The summed E-state index contributed by atoms with van der Waals surface area (Å²) in [6, 6.07) is 16.7. The summed E-state index contributed by atoms with van der Waals surface area (Å²) in [4.78, 5) is 2.30. The molecule has 0 aliphatic carbocycles. The van der Waals surface area contributed by atoms with Gasteiger partial charge in [0.05, 0.1) is 11.4 Å². The van der Waals surface area contributed by atoms with Crippen molar-refractivity contribution in [2.24, 2.45) is 10.2 Å². The van der Waals surface area contributed by atoms with E-state index >= 15 is 0 Å². The second-order valence-corrected chi connectivity index (χ2v) is 6.75. The third-order valence-electron chi connectivity index (χ3n) is 4.74. The van der Waals surface area contributed by atoms with Crippen molar-refractivity contribution >= 4 is 17.1 Å². The van der Waals surface area contributed by atoms with Crippen molar-refractivity contribution in [3.63, 3.8) is 0 Å². The first kappa shape index (κ1) is 19.2. The lowest BCUT2D eigenvalue weighted by Gasteiger charge is -2.19. The van der Waals surface area contributed by atoms with Crippen molar-refractivity contribution in [1.29, 1.82) is 0 Å². The van der Waals surface area contributed by atoms with Crippen LogP contribution in [0.2, 0.25) is 0 Å². The van der Waals surface area contributed by atoms with E-state index in [9.17, 15) is 0 Å². The molecule has 0 aliphatic rings. The lowest BCUT2D eigenvalue weighted by atomic mass is 9.99. The smallest absolute Gasteiger partial charge is 0.0858 e. The van der Waals surface area contributed by atoms with Crippen LogP contribution in [0, 0.1) is 0 Å². The van der Waals surface area contributed by atoms with Gasteiger partial charge in [0, 0.05) is 19.3 Å². The molecule has 0 aromatic heterocycles. The van der Waals surface area contributed by atoms with Gasteiger partial charge in [-0.2, -0.15) is 10.2 Å². The second kappa shape index (κ2) is 9.97. The number of azo groups is 1. The molecule has 0 saturated heterocycles. The summed E-state index contributed by atoms with van der Waals surface area (Å²) in [5.41, 5.74) is 4.37. The summed E-state index contributed by atoms with van der Waals surface area (Å²) in [5, 5.41) is 8.70. The Morgan fingerprint density at radius 1 is 0.840 bits per heavy atom. The van der Waals surface area contributed by atoms with Gasteiger partial charge in [-0.15, -0.1) is 0 Å². The molecule has 0 N–H and O–H groups in total. The molecule has 0 aliphatic heterocycles. The first-order chi connectivity index (χ1) is 12.1. The summed E-state index contributed by atoms with van der Waals surface area (Å²) in [6.07, 6.45) is 4.93. The summed E-state index contributed by atoms with van der Waals surface area (Å²) in [7, 11) is 2.14. The summed E-state index contributed by atoms with van der Waals surface area (Å²) >= 11 is 0. The molecule has 25 heavy (non-hydrogen) atoms. The minimum absolute atomic E-state index is 0.591. The van der Waals surface area contributed by atoms with E-state index in [1.54, 1.807) is 0 Å². The minimum Gasteiger partial charge on any atom is -0.375 e. The molecule has 0 spiro atoms. The van der Waals surface area contributed by atoms with Gasteiger partial charge in [-0.25, -0.2) is 0 Å². The number of rotatable bonds is 9. The molecule has 2 rings (SSSR count). The van der Waals surface area contributed by atoms with Gasteiger partial charge in [-0.1, -0.05) is 45.7 Å². The molecule has 134 valence electrons. The van der Waals surface area contributed by atoms with Crippen LogP contribution >= 0.6 is 0 Å². The molecule has 0 heterocycles. The van der Waals surface area contributed by atoms with Gasteiger partial charge in [-0.3, -0.25) is 0 Å². The van der Waals surface area contributed by atoms with E-state index in [0.717, 1.165) is 24.3 Å². The van der Waals surface area contributed by atoms with E-state index < -0.39 is 0 Å². The van der Waals surface area contributed by atoms with Gasteiger partial charge < -0.3 is 4.90 Å². The van der Waals surface area contributed by atoms with E-state index in [0.29, 0.717) is 5.92 Å². The van der Waals surface area contributed by atoms with Crippen LogP contribution < -0.4 is 4.90 Å². The third kappa shape index (κ3) is 6.00. The van der Waals surface area contributed by atoms with Crippen LogP contribution in [0.4, 0.5) is 17.1 Å². The fourth-order valence-corrected chi connectivity index (χ4v) is 2.72. The van der Waals surface area contributed by atoms with Gasteiger partial charge in [0.25, 0.3) is 0 Å². The monoisotopic (exact) mass is 337 g/mol. The minimum atomic E-state index is 0.591. The average Bonchev–Trinajstić information content (AvgIpc) is 2.66. The van der Waals surface area contributed by atoms with Crippen LogP contribution in [0.1, 0.15) is 57.9 Å². The van der Waals surface area contributed by atoms with Gasteiger partial charge >= 0.3 is 0 Å². The molecule has 2 aromatic carbocycles. The Morgan fingerprint density at radius 3 is 1.92 bits per heavy atom. The Hall–Kier alpha value is -2.16. The third-order valence-corrected chi connectivity index (χ3v) is 4.74. The molecule has 2 aromatic rings. The average molecular weight is 338 g/mol. The summed E-state index contributed by atoms with van der Waals surface area (Å²) in [6.45, 7) is 7.79. The molecule has 3 heteroatoms. The standard InChI is InChI=1S/C22H31N3/c1-5-7-8-17-25(4)22-15-13-21(14-16-22)24-23-20-11-9-19(10-12-20)18(3)6-2/h9-16,18H,5-8,17H2,1-4H3. The van der Waals surface area contributed by atoms with Crippen molar-refractivity contribution in [2.45, 2.75) is 52.4 Å². The lowest BCUT2D eigenvalue weighted by molar-refractivity contribution is 0.705. The number of benzene rings is 2. The van der Waals surface area contributed by atoms with Crippen molar-refractivity contribution < 1.29 is 0 Å². The number of hydrogen-bond acceptors (Lipinski definition) is 3. The molecule has 0 amide bonds. The zero-order chi connectivity index (χ0) is 18.1. The quantitative estimate of drug-likeness (QED) is 0.350. The van der Waals surface area contributed by atoms with Crippen LogP contribution in [0.25, 0.3) is 0 Å². The molecule has 1 unspecified atom stereocenters. The SMILES string of the molecule is CCCCCN(C)c1ccc(N=Nc2ccc(C(C)CC)cc2)cc1. The van der Waals surface area contributed by atoms with E-state index in [2.05, 4.69) is 67.2 Å². The first-order valence-electron chi connectivity index (χ1n) is 9.47. The van der Waals surface area contributed by atoms with Crippen LogP contribution in [-0.2, 0) is 0 Å². The molecular weight excluding hydrogens is 306 g/mol. The molecule has 3 nitrogen and oxygen atoms in total. The fourth-order valence-electron chi connectivity index (χ4n) is 2.72. The molecule has 0 saturated carbocycles. The molecule has 0 radical (unpaired) electrons. The molecule has 1 atom stereocenters. The Labute approximate surface area is 152 Å². The van der Waals surface area contributed by atoms with Gasteiger partial charge in [0.1, 0.15) is 0 Å². The number of unbranched alkanes of at least 4 members (excludes halogenated alkanes) is 2. The van der Waals surface area contributed by atoms with Crippen LogP contribution in [0.3, 0.4) is 0 Å². The van der Waals surface area contributed by atoms with Gasteiger partial charge in [0.2, 0.25) is 0 Å². The topological polar surface area (TPSA) is 28.0 Å². The zero-order valence-electron chi connectivity index (χ0n) is 16.1. The van der Waals surface area contributed by atoms with E-state index in [1.807, 2.05) is 24.3 Å². The largest absolute Gasteiger partial charge is 0.375 e. The number of hydrogen-bond donors (Lipinski definition) is 0. The fraction of sp³-hybridized carbons (Fsp3) is 0.455.